The van der Waals surface area contributed by atoms with E-state index in [4.69, 9.17) is 4.74 Å². The summed E-state index contributed by atoms with van der Waals surface area (Å²) in [4.78, 5) is 11.0. The molecule has 0 unspecified atom stereocenters. The van der Waals surface area contributed by atoms with Crippen molar-refractivity contribution in [3.05, 3.63) is 28.2 Å². The van der Waals surface area contributed by atoms with E-state index in [0.717, 1.165) is 16.6 Å². The lowest BCUT2D eigenvalue weighted by Crippen LogP contribution is -2.16. The Kier molecular flexibility index (Phi) is 6.00. The normalized spacial score (nSPS) is 10.1. The van der Waals surface area contributed by atoms with Crippen molar-refractivity contribution >= 4 is 21.9 Å². The molecule has 0 radical (unpaired) electrons. The van der Waals surface area contributed by atoms with Gasteiger partial charge in [-0.15, -0.1) is 0 Å². The summed E-state index contributed by atoms with van der Waals surface area (Å²) < 4.78 is 10.8. The molecule has 0 aliphatic carbocycles. The highest BCUT2D eigenvalue weighted by atomic mass is 79.9. The molecular formula is C12H16BrNO3. The summed E-state index contributed by atoms with van der Waals surface area (Å²) in [6.07, 6.45) is 0. The molecule has 0 bridgehead atoms. The van der Waals surface area contributed by atoms with Gasteiger partial charge in [0.1, 0.15) is 5.75 Å². The Morgan fingerprint density at radius 3 is 2.88 bits per heavy atom. The smallest absolute Gasteiger partial charge is 0.343 e. The maximum absolute atomic E-state index is 11.0. The topological polar surface area (TPSA) is 47.6 Å². The molecule has 1 N–H and O–H groups in total. The average Bonchev–Trinajstić information content (AvgIpc) is 2.34. The Morgan fingerprint density at radius 2 is 2.24 bits per heavy atom. The lowest BCUT2D eigenvalue weighted by molar-refractivity contribution is -0.142. The van der Waals surface area contributed by atoms with Gasteiger partial charge in [0.25, 0.3) is 0 Å². The van der Waals surface area contributed by atoms with Gasteiger partial charge >= 0.3 is 5.97 Å². The molecule has 0 saturated carbocycles. The molecule has 0 saturated heterocycles. The maximum Gasteiger partial charge on any atom is 0.343 e. The molecule has 0 amide bonds. The van der Waals surface area contributed by atoms with E-state index < -0.39 is 5.97 Å². The monoisotopic (exact) mass is 301 g/mol. The number of carbonyl (C=O) groups excluding carboxylic acids is 1. The Morgan fingerprint density at radius 1 is 1.47 bits per heavy atom. The largest absolute Gasteiger partial charge is 0.480 e. The van der Waals surface area contributed by atoms with E-state index in [-0.39, 0.29) is 6.61 Å². The summed E-state index contributed by atoms with van der Waals surface area (Å²) in [5.74, 6) is 0.286. The minimum Gasteiger partial charge on any atom is -0.480 e. The molecule has 0 aromatic heterocycles. The van der Waals surface area contributed by atoms with Crippen molar-refractivity contribution in [2.45, 2.75) is 13.5 Å². The number of nitrogens with one attached hydrogen (secondary N) is 1. The van der Waals surface area contributed by atoms with Gasteiger partial charge < -0.3 is 14.8 Å². The molecule has 5 heteroatoms. The zero-order valence-electron chi connectivity index (χ0n) is 9.96. The van der Waals surface area contributed by atoms with E-state index in [9.17, 15) is 4.79 Å². The number of ether oxygens (including phenoxy) is 2. The van der Waals surface area contributed by atoms with Gasteiger partial charge in [-0.2, -0.15) is 0 Å². The van der Waals surface area contributed by atoms with Crippen molar-refractivity contribution in [1.82, 2.24) is 5.32 Å². The van der Waals surface area contributed by atoms with E-state index in [2.05, 4.69) is 26.0 Å². The van der Waals surface area contributed by atoms with E-state index in [1.54, 1.807) is 0 Å². The van der Waals surface area contributed by atoms with Crippen molar-refractivity contribution in [2.24, 2.45) is 0 Å². The van der Waals surface area contributed by atoms with E-state index in [0.29, 0.717) is 12.3 Å². The molecule has 0 spiro atoms. The third-order valence-corrected chi connectivity index (χ3v) is 2.80. The van der Waals surface area contributed by atoms with Crippen LogP contribution in [0.1, 0.15) is 12.5 Å². The minimum atomic E-state index is -0.393. The van der Waals surface area contributed by atoms with Crippen LogP contribution in [0.2, 0.25) is 0 Å². The molecule has 94 valence electrons. The van der Waals surface area contributed by atoms with Crippen molar-refractivity contribution in [1.29, 1.82) is 0 Å². The van der Waals surface area contributed by atoms with Crippen LogP contribution < -0.4 is 10.1 Å². The van der Waals surface area contributed by atoms with Gasteiger partial charge in [-0.1, -0.05) is 19.1 Å². The summed E-state index contributed by atoms with van der Waals surface area (Å²) in [5, 5.41) is 3.22. The van der Waals surface area contributed by atoms with Crippen LogP contribution in [0.5, 0.6) is 5.75 Å². The van der Waals surface area contributed by atoms with Crippen LogP contribution in [-0.4, -0.2) is 26.2 Å². The first-order valence-corrected chi connectivity index (χ1v) is 6.16. The van der Waals surface area contributed by atoms with Crippen LogP contribution in [0.3, 0.4) is 0 Å². The number of hydrogen-bond donors (Lipinski definition) is 1. The average molecular weight is 302 g/mol. The molecule has 0 fully saturated rings. The zero-order valence-corrected chi connectivity index (χ0v) is 11.5. The highest BCUT2D eigenvalue weighted by Crippen LogP contribution is 2.29. The van der Waals surface area contributed by atoms with Crippen LogP contribution in [0.4, 0.5) is 0 Å². The van der Waals surface area contributed by atoms with Gasteiger partial charge in [-0.05, 0) is 28.5 Å². The molecule has 4 nitrogen and oxygen atoms in total. The third kappa shape index (κ3) is 4.36. The molecule has 17 heavy (non-hydrogen) atoms. The second kappa shape index (κ2) is 7.29. The highest BCUT2D eigenvalue weighted by molar-refractivity contribution is 9.10. The van der Waals surface area contributed by atoms with Crippen LogP contribution in [0, 0.1) is 0 Å². The first-order chi connectivity index (χ1) is 8.19. The number of para-hydroxylation sites is 1. The van der Waals surface area contributed by atoms with E-state index in [1.165, 1.54) is 7.11 Å². The number of esters is 1. The number of halogens is 1. The number of benzene rings is 1. The SMILES string of the molecule is CCNCc1cccc(Br)c1OCC(=O)OC. The molecule has 1 aromatic rings. The number of hydrogen-bond acceptors (Lipinski definition) is 4. The van der Waals surface area contributed by atoms with Gasteiger partial charge in [0.15, 0.2) is 6.61 Å². The van der Waals surface area contributed by atoms with E-state index in [1.807, 2.05) is 25.1 Å². The summed E-state index contributed by atoms with van der Waals surface area (Å²) in [6, 6.07) is 5.77. The van der Waals surface area contributed by atoms with Crippen molar-refractivity contribution < 1.29 is 14.3 Å². The fourth-order valence-corrected chi connectivity index (χ4v) is 1.83. The molecule has 0 atom stereocenters. The first-order valence-electron chi connectivity index (χ1n) is 5.36. The Bertz CT molecular complexity index is 382. The van der Waals surface area contributed by atoms with Crippen LogP contribution >= 0.6 is 15.9 Å². The predicted octanol–water partition coefficient (Wildman–Crippen LogP) is 2.11. The van der Waals surface area contributed by atoms with Crippen molar-refractivity contribution in [3.8, 4) is 5.75 Å². The molecule has 0 aliphatic heterocycles. The molecule has 1 rings (SSSR count). The highest BCUT2D eigenvalue weighted by Gasteiger charge is 2.10. The third-order valence-electron chi connectivity index (χ3n) is 2.18. The second-order valence-corrected chi connectivity index (χ2v) is 4.23. The fourth-order valence-electron chi connectivity index (χ4n) is 1.30. The standard InChI is InChI=1S/C12H16BrNO3/c1-3-14-7-9-5-4-6-10(13)12(9)17-8-11(15)16-2/h4-6,14H,3,7-8H2,1-2H3. The Labute approximate surface area is 109 Å². The van der Waals surface area contributed by atoms with Crippen molar-refractivity contribution in [3.63, 3.8) is 0 Å². The summed E-state index contributed by atoms with van der Waals surface area (Å²) in [7, 11) is 1.34. The fraction of sp³-hybridized carbons (Fsp3) is 0.417. The molecule has 0 heterocycles. The number of methoxy groups -OCH3 is 1. The van der Waals surface area contributed by atoms with Gasteiger partial charge in [0, 0.05) is 12.1 Å². The quantitative estimate of drug-likeness (QED) is 0.818. The van der Waals surface area contributed by atoms with Crippen LogP contribution in [0.25, 0.3) is 0 Å². The Hall–Kier alpha value is -1.07. The van der Waals surface area contributed by atoms with Crippen LogP contribution in [-0.2, 0) is 16.1 Å². The lowest BCUT2D eigenvalue weighted by atomic mass is 10.2. The number of carbonyl (C=O) groups is 1. The van der Waals surface area contributed by atoms with E-state index >= 15 is 0 Å². The second-order valence-electron chi connectivity index (χ2n) is 3.37. The predicted molar refractivity (Wildman–Crippen MR) is 69.0 cm³/mol. The summed E-state index contributed by atoms with van der Waals surface area (Å²) in [5.41, 5.74) is 1.00. The molecule has 1 aromatic carbocycles. The Balaban J connectivity index is 2.76. The van der Waals surface area contributed by atoms with Gasteiger partial charge in [-0.3, -0.25) is 0 Å². The summed E-state index contributed by atoms with van der Waals surface area (Å²) >= 11 is 3.41. The van der Waals surface area contributed by atoms with Crippen molar-refractivity contribution in [2.75, 3.05) is 20.3 Å². The van der Waals surface area contributed by atoms with Crippen LogP contribution in [0.15, 0.2) is 22.7 Å². The van der Waals surface area contributed by atoms with Gasteiger partial charge in [0.2, 0.25) is 0 Å². The van der Waals surface area contributed by atoms with Gasteiger partial charge in [-0.25, -0.2) is 4.79 Å². The molecular weight excluding hydrogens is 286 g/mol. The zero-order chi connectivity index (χ0) is 12.7. The maximum atomic E-state index is 11.0. The first kappa shape index (κ1) is 14.0. The molecule has 0 aliphatic rings. The lowest BCUT2D eigenvalue weighted by Gasteiger charge is -2.12. The minimum absolute atomic E-state index is 0.0851. The summed E-state index contributed by atoms with van der Waals surface area (Å²) in [6.45, 7) is 3.53. The van der Waals surface area contributed by atoms with Gasteiger partial charge in [0.05, 0.1) is 11.6 Å². The number of rotatable bonds is 6.